The van der Waals surface area contributed by atoms with E-state index in [1.54, 1.807) is 0 Å². The molecule has 0 N–H and O–H groups in total. The molecule has 0 aliphatic rings. The van der Waals surface area contributed by atoms with Gasteiger partial charge in [0.2, 0.25) is 0 Å². The van der Waals surface area contributed by atoms with Crippen LogP contribution >= 0.6 is 15.9 Å². The van der Waals surface area contributed by atoms with Crippen LogP contribution < -0.4 is 0 Å². The quantitative estimate of drug-likeness (QED) is 0.354. The summed E-state index contributed by atoms with van der Waals surface area (Å²) in [5.41, 5.74) is 4.92. The number of rotatable bonds is 4. The maximum absolute atomic E-state index is 4.37. The summed E-state index contributed by atoms with van der Waals surface area (Å²) in [6, 6.07) is 28.9. The van der Waals surface area contributed by atoms with Gasteiger partial charge in [-0.1, -0.05) is 122 Å². The first-order valence-corrected chi connectivity index (χ1v) is 11.0. The fourth-order valence-corrected chi connectivity index (χ4v) is 2.57. The molecule has 0 atom stereocenters. The molecule has 2 heteroatoms. The minimum absolute atomic E-state index is 0.884. The summed E-state index contributed by atoms with van der Waals surface area (Å²) in [6.07, 6.45) is 2.20. The van der Waals surface area contributed by atoms with Crippen molar-refractivity contribution in [2.45, 2.75) is 40.5 Å². The molecule has 0 unspecified atom stereocenters. The Hall–Kier alpha value is -2.19. The highest BCUT2D eigenvalue weighted by molar-refractivity contribution is 9.10. The van der Waals surface area contributed by atoms with Crippen LogP contribution in [0.5, 0.6) is 0 Å². The van der Waals surface area contributed by atoms with Gasteiger partial charge >= 0.3 is 0 Å². The number of benzene rings is 3. The van der Waals surface area contributed by atoms with E-state index in [1.165, 1.54) is 27.6 Å². The monoisotopic (exact) mass is 451 g/mol. The average molecular weight is 452 g/mol. The van der Waals surface area contributed by atoms with Crippen molar-refractivity contribution in [3.63, 3.8) is 0 Å². The number of hydrogen-bond acceptors (Lipinski definition) is 1. The molecule has 0 aromatic heterocycles. The van der Waals surface area contributed by atoms with Gasteiger partial charge in [-0.05, 0) is 35.6 Å². The summed E-state index contributed by atoms with van der Waals surface area (Å²) >= 11 is 3.40. The first-order chi connectivity index (χ1) is 14.0. The van der Waals surface area contributed by atoms with E-state index < -0.39 is 0 Å². The molecule has 0 aliphatic heterocycles. The number of halogens is 1. The van der Waals surface area contributed by atoms with Crippen molar-refractivity contribution in [3.8, 4) is 0 Å². The molecule has 29 heavy (non-hydrogen) atoms. The lowest BCUT2D eigenvalue weighted by atomic mass is 10.0. The molecule has 3 aromatic rings. The Morgan fingerprint density at radius 2 is 1.31 bits per heavy atom. The number of nitrogens with zero attached hydrogens (tertiary/aromatic N) is 1. The van der Waals surface area contributed by atoms with E-state index in [0.717, 1.165) is 18.1 Å². The molecule has 1 nitrogen and oxygen atoms in total. The third-order valence-electron chi connectivity index (χ3n) is 4.48. The van der Waals surface area contributed by atoms with Gasteiger partial charge in [-0.2, -0.15) is 0 Å². The molecule has 0 fully saturated rings. The van der Waals surface area contributed by atoms with Crippen LogP contribution in [-0.2, 0) is 6.42 Å². The van der Waals surface area contributed by atoms with Crippen molar-refractivity contribution in [1.29, 1.82) is 0 Å². The molecule has 0 radical (unpaired) electrons. The Bertz CT molecular complexity index is 802. The third-order valence-corrected chi connectivity index (χ3v) is 5.37. The second-order valence-electron chi connectivity index (χ2n) is 7.25. The highest BCUT2D eigenvalue weighted by Gasteiger charge is 2.02. The van der Waals surface area contributed by atoms with Crippen LogP contribution in [0.4, 0.5) is 0 Å². The second kappa shape index (κ2) is 14.8. The van der Waals surface area contributed by atoms with E-state index >= 15 is 0 Å². The number of aryl methyl sites for hydroxylation is 1. The van der Waals surface area contributed by atoms with E-state index in [-0.39, 0.29) is 0 Å². The van der Waals surface area contributed by atoms with Gasteiger partial charge in [0.15, 0.2) is 0 Å². The third kappa shape index (κ3) is 10.8. The van der Waals surface area contributed by atoms with Crippen LogP contribution in [0.3, 0.4) is 0 Å². The van der Waals surface area contributed by atoms with Crippen LogP contribution in [0, 0.1) is 12.8 Å². The first kappa shape index (κ1) is 24.8. The summed E-state index contributed by atoms with van der Waals surface area (Å²) in [5.74, 6) is 0.884. The summed E-state index contributed by atoms with van der Waals surface area (Å²) in [6.45, 7) is 8.72. The number of aliphatic imine (C=N–C) groups is 1. The fourth-order valence-electron chi connectivity index (χ4n) is 2.28. The van der Waals surface area contributed by atoms with Crippen molar-refractivity contribution in [3.05, 3.63) is 106 Å². The van der Waals surface area contributed by atoms with Gasteiger partial charge in [-0.25, -0.2) is 0 Å². The zero-order valence-electron chi connectivity index (χ0n) is 18.4. The Balaban J connectivity index is 0.000000269. The van der Waals surface area contributed by atoms with Gasteiger partial charge in [0.05, 0.1) is 0 Å². The molecule has 0 bridgehead atoms. The van der Waals surface area contributed by atoms with E-state index in [9.17, 15) is 0 Å². The van der Waals surface area contributed by atoms with Gasteiger partial charge in [0.25, 0.3) is 0 Å². The van der Waals surface area contributed by atoms with Gasteiger partial charge in [0.1, 0.15) is 0 Å². The standard InChI is InChI=1S/C15H15N.C7H7Br.C5H12/c1-16-15(14-10-6-3-7-11-14)12-13-8-4-2-5-9-13;1-6-4-2-3-5-7(6)8;1-4-5(2)3/h2-11H,12H2,1H3;2-5H,1H3;5H,4H2,1-3H3. The summed E-state index contributed by atoms with van der Waals surface area (Å²) in [5, 5.41) is 0. The van der Waals surface area contributed by atoms with Gasteiger partial charge in [-0.15, -0.1) is 0 Å². The minimum Gasteiger partial charge on any atom is -0.292 e. The number of hydrogen-bond donors (Lipinski definition) is 0. The molecule has 0 amide bonds. The largest absolute Gasteiger partial charge is 0.292 e. The normalized spacial score (nSPS) is 10.5. The molecule has 0 saturated carbocycles. The van der Waals surface area contributed by atoms with Crippen molar-refractivity contribution in [1.82, 2.24) is 0 Å². The highest BCUT2D eigenvalue weighted by Crippen LogP contribution is 2.13. The molecule has 3 aromatic carbocycles. The van der Waals surface area contributed by atoms with Gasteiger partial charge in [-0.3, -0.25) is 4.99 Å². The van der Waals surface area contributed by atoms with Crippen LogP contribution in [0.1, 0.15) is 43.9 Å². The van der Waals surface area contributed by atoms with E-state index in [0.29, 0.717) is 0 Å². The Morgan fingerprint density at radius 3 is 1.72 bits per heavy atom. The molecule has 154 valence electrons. The van der Waals surface area contributed by atoms with E-state index in [4.69, 9.17) is 0 Å². The lowest BCUT2D eigenvalue weighted by molar-refractivity contribution is 0.626. The fraction of sp³-hybridized carbons (Fsp3) is 0.296. The molecule has 0 spiro atoms. The topological polar surface area (TPSA) is 12.4 Å². The Kier molecular flexibility index (Phi) is 12.6. The zero-order chi connectivity index (χ0) is 21.5. The lowest BCUT2D eigenvalue weighted by Crippen LogP contribution is -2.04. The first-order valence-electron chi connectivity index (χ1n) is 10.2. The SMILES string of the molecule is CCC(C)C.CN=C(Cc1ccccc1)c1ccccc1.Cc1ccccc1Br. The van der Waals surface area contributed by atoms with Crippen LogP contribution in [0.2, 0.25) is 0 Å². The van der Waals surface area contributed by atoms with Crippen LogP contribution in [0.25, 0.3) is 0 Å². The van der Waals surface area contributed by atoms with Gasteiger partial charge in [0, 0.05) is 23.7 Å². The van der Waals surface area contributed by atoms with Crippen LogP contribution in [-0.4, -0.2) is 12.8 Å². The second-order valence-corrected chi connectivity index (χ2v) is 8.10. The summed E-state index contributed by atoms with van der Waals surface area (Å²) < 4.78 is 1.18. The minimum atomic E-state index is 0.884. The smallest absolute Gasteiger partial charge is 0.0460 e. The zero-order valence-corrected chi connectivity index (χ0v) is 20.0. The molecular weight excluding hydrogens is 418 g/mol. The molecule has 0 saturated heterocycles. The summed E-state index contributed by atoms with van der Waals surface area (Å²) in [4.78, 5) is 4.37. The average Bonchev–Trinajstić information content (AvgIpc) is 2.76. The van der Waals surface area contributed by atoms with Crippen LogP contribution in [0.15, 0.2) is 94.4 Å². The molecule has 0 heterocycles. The van der Waals surface area contributed by atoms with Crippen molar-refractivity contribution >= 4 is 21.6 Å². The predicted molar refractivity (Wildman–Crippen MR) is 133 cm³/mol. The maximum Gasteiger partial charge on any atom is 0.0460 e. The Labute approximate surface area is 186 Å². The predicted octanol–water partition coefficient (Wildman–Crippen LogP) is 8.16. The molecule has 3 rings (SSSR count). The Morgan fingerprint density at radius 1 is 0.828 bits per heavy atom. The lowest BCUT2D eigenvalue weighted by Gasteiger charge is -2.05. The van der Waals surface area contributed by atoms with E-state index in [2.05, 4.69) is 91.1 Å². The summed E-state index contributed by atoms with van der Waals surface area (Å²) in [7, 11) is 1.85. The van der Waals surface area contributed by atoms with Crippen molar-refractivity contribution < 1.29 is 0 Å². The highest BCUT2D eigenvalue weighted by atomic mass is 79.9. The maximum atomic E-state index is 4.37. The van der Waals surface area contributed by atoms with E-state index in [1.807, 2.05) is 49.5 Å². The van der Waals surface area contributed by atoms with Crippen molar-refractivity contribution in [2.75, 3.05) is 7.05 Å². The molecular formula is C27H34BrN. The van der Waals surface area contributed by atoms with Crippen molar-refractivity contribution in [2.24, 2.45) is 10.9 Å². The molecule has 0 aliphatic carbocycles. The van der Waals surface area contributed by atoms with Gasteiger partial charge < -0.3 is 0 Å².